The first-order valence-corrected chi connectivity index (χ1v) is 4.63. The van der Waals surface area contributed by atoms with Gasteiger partial charge in [0.05, 0.1) is 5.69 Å². The van der Waals surface area contributed by atoms with Gasteiger partial charge >= 0.3 is 0 Å². The normalized spacial score (nSPS) is 11.8. The Morgan fingerprint density at radius 1 is 1.46 bits per heavy atom. The summed E-state index contributed by atoms with van der Waals surface area (Å²) in [5, 5.41) is 9.71. The molecule has 13 heavy (non-hydrogen) atoms. The van der Waals surface area contributed by atoms with Crippen molar-refractivity contribution in [3.63, 3.8) is 0 Å². The van der Waals surface area contributed by atoms with Gasteiger partial charge in [0.15, 0.2) is 0 Å². The lowest BCUT2D eigenvalue weighted by Gasteiger charge is -2.17. The highest BCUT2D eigenvalue weighted by Crippen LogP contribution is 2.19. The van der Waals surface area contributed by atoms with Crippen molar-refractivity contribution in [2.75, 3.05) is 0 Å². The highest BCUT2D eigenvalue weighted by atomic mass is 16.3. The predicted octanol–water partition coefficient (Wildman–Crippen LogP) is 2.18. The van der Waals surface area contributed by atoms with Crippen molar-refractivity contribution in [2.24, 2.45) is 0 Å². The SMILES string of the molecule is CCc1cnc(C(C)(C)O)cc1C. The molecule has 1 aromatic heterocycles. The minimum absolute atomic E-state index is 0.738. The summed E-state index contributed by atoms with van der Waals surface area (Å²) >= 11 is 0. The highest BCUT2D eigenvalue weighted by Gasteiger charge is 2.17. The molecular weight excluding hydrogens is 162 g/mol. The Morgan fingerprint density at radius 2 is 2.08 bits per heavy atom. The van der Waals surface area contributed by atoms with Crippen molar-refractivity contribution >= 4 is 0 Å². The standard InChI is InChI=1S/C11H17NO/c1-5-9-7-12-10(6-8(9)2)11(3,4)13/h6-7,13H,5H2,1-4H3. The minimum Gasteiger partial charge on any atom is -0.384 e. The van der Waals surface area contributed by atoms with Crippen LogP contribution in [0.25, 0.3) is 0 Å². The number of pyridine rings is 1. The Bertz CT molecular complexity index is 299. The zero-order valence-electron chi connectivity index (χ0n) is 8.76. The Kier molecular flexibility index (Phi) is 2.71. The van der Waals surface area contributed by atoms with E-state index in [9.17, 15) is 5.11 Å². The molecule has 0 aliphatic carbocycles. The lowest BCUT2D eigenvalue weighted by atomic mass is 10.0. The fraction of sp³-hybridized carbons (Fsp3) is 0.545. The summed E-state index contributed by atoms with van der Waals surface area (Å²) in [5.74, 6) is 0. The van der Waals surface area contributed by atoms with E-state index in [1.807, 2.05) is 12.3 Å². The first-order valence-electron chi connectivity index (χ1n) is 4.63. The van der Waals surface area contributed by atoms with Crippen LogP contribution < -0.4 is 0 Å². The summed E-state index contributed by atoms with van der Waals surface area (Å²) in [6.45, 7) is 7.66. The molecule has 2 heteroatoms. The van der Waals surface area contributed by atoms with Crippen molar-refractivity contribution < 1.29 is 5.11 Å². The number of aryl methyl sites for hydroxylation is 2. The van der Waals surface area contributed by atoms with Crippen LogP contribution >= 0.6 is 0 Å². The fourth-order valence-corrected chi connectivity index (χ4v) is 1.29. The molecule has 0 amide bonds. The molecule has 0 saturated heterocycles. The molecule has 0 bridgehead atoms. The Balaban J connectivity index is 3.10. The van der Waals surface area contributed by atoms with Gasteiger partial charge in [0, 0.05) is 6.20 Å². The second-order valence-electron chi connectivity index (χ2n) is 3.91. The van der Waals surface area contributed by atoms with Gasteiger partial charge < -0.3 is 5.11 Å². The average Bonchev–Trinajstić information content (AvgIpc) is 2.02. The first-order chi connectivity index (χ1) is 5.95. The third-order valence-electron chi connectivity index (χ3n) is 2.23. The average molecular weight is 179 g/mol. The molecule has 0 spiro atoms. The summed E-state index contributed by atoms with van der Waals surface area (Å²) in [4.78, 5) is 4.23. The summed E-state index contributed by atoms with van der Waals surface area (Å²) in [5.41, 5.74) is 2.35. The Morgan fingerprint density at radius 3 is 2.46 bits per heavy atom. The first kappa shape index (κ1) is 10.2. The Labute approximate surface area is 79.6 Å². The molecule has 1 rings (SSSR count). The zero-order valence-corrected chi connectivity index (χ0v) is 8.76. The van der Waals surface area contributed by atoms with Crippen LogP contribution in [0.1, 0.15) is 37.6 Å². The van der Waals surface area contributed by atoms with E-state index in [-0.39, 0.29) is 0 Å². The molecule has 0 aliphatic heterocycles. The fourth-order valence-electron chi connectivity index (χ4n) is 1.29. The van der Waals surface area contributed by atoms with E-state index in [1.54, 1.807) is 13.8 Å². The van der Waals surface area contributed by atoms with Crippen molar-refractivity contribution in [3.05, 3.63) is 29.1 Å². The number of hydrogen-bond donors (Lipinski definition) is 1. The molecular formula is C11H17NO. The maximum absolute atomic E-state index is 9.71. The summed E-state index contributed by atoms with van der Waals surface area (Å²) in [6, 6.07) is 1.96. The van der Waals surface area contributed by atoms with Gasteiger partial charge in [-0.2, -0.15) is 0 Å². The molecule has 0 atom stereocenters. The van der Waals surface area contributed by atoms with Crippen LogP contribution in [0, 0.1) is 6.92 Å². The monoisotopic (exact) mass is 179 g/mol. The number of hydrogen-bond acceptors (Lipinski definition) is 2. The van der Waals surface area contributed by atoms with E-state index in [4.69, 9.17) is 0 Å². The molecule has 0 radical (unpaired) electrons. The van der Waals surface area contributed by atoms with Gasteiger partial charge in [-0.25, -0.2) is 0 Å². The molecule has 0 aliphatic rings. The minimum atomic E-state index is -0.836. The van der Waals surface area contributed by atoms with Crippen molar-refractivity contribution in [1.82, 2.24) is 4.98 Å². The Hall–Kier alpha value is -0.890. The smallest absolute Gasteiger partial charge is 0.101 e. The molecule has 0 fully saturated rings. The summed E-state index contributed by atoms with van der Waals surface area (Å²) in [7, 11) is 0. The maximum atomic E-state index is 9.71. The van der Waals surface area contributed by atoms with Gasteiger partial charge in [-0.3, -0.25) is 4.98 Å². The second kappa shape index (κ2) is 3.46. The van der Waals surface area contributed by atoms with Gasteiger partial charge in [0.1, 0.15) is 5.60 Å². The van der Waals surface area contributed by atoms with Crippen molar-refractivity contribution in [1.29, 1.82) is 0 Å². The molecule has 0 saturated carbocycles. The maximum Gasteiger partial charge on any atom is 0.101 e. The number of nitrogens with zero attached hydrogens (tertiary/aromatic N) is 1. The van der Waals surface area contributed by atoms with Gasteiger partial charge in [-0.15, -0.1) is 0 Å². The van der Waals surface area contributed by atoms with E-state index in [1.165, 1.54) is 11.1 Å². The third-order valence-corrected chi connectivity index (χ3v) is 2.23. The van der Waals surface area contributed by atoms with Crippen LogP contribution in [0.3, 0.4) is 0 Å². The highest BCUT2D eigenvalue weighted by molar-refractivity contribution is 5.27. The molecule has 1 aromatic rings. The molecule has 2 nitrogen and oxygen atoms in total. The molecule has 72 valence electrons. The predicted molar refractivity (Wildman–Crippen MR) is 53.6 cm³/mol. The molecule has 1 heterocycles. The van der Waals surface area contributed by atoms with E-state index in [0.29, 0.717) is 0 Å². The van der Waals surface area contributed by atoms with Crippen molar-refractivity contribution in [3.8, 4) is 0 Å². The molecule has 0 unspecified atom stereocenters. The topological polar surface area (TPSA) is 33.1 Å². The van der Waals surface area contributed by atoms with Crippen LogP contribution in [0.4, 0.5) is 0 Å². The van der Waals surface area contributed by atoms with E-state index < -0.39 is 5.60 Å². The summed E-state index contributed by atoms with van der Waals surface area (Å²) < 4.78 is 0. The van der Waals surface area contributed by atoms with Crippen LogP contribution in [-0.4, -0.2) is 10.1 Å². The molecule has 1 N–H and O–H groups in total. The van der Waals surface area contributed by atoms with Crippen LogP contribution in [0.15, 0.2) is 12.3 Å². The van der Waals surface area contributed by atoms with Crippen LogP contribution in [0.2, 0.25) is 0 Å². The zero-order chi connectivity index (χ0) is 10.1. The quantitative estimate of drug-likeness (QED) is 0.754. The van der Waals surface area contributed by atoms with E-state index in [0.717, 1.165) is 12.1 Å². The number of aromatic nitrogens is 1. The number of aliphatic hydroxyl groups is 1. The van der Waals surface area contributed by atoms with Crippen molar-refractivity contribution in [2.45, 2.75) is 39.7 Å². The van der Waals surface area contributed by atoms with E-state index in [2.05, 4.69) is 18.8 Å². The van der Waals surface area contributed by atoms with Crippen LogP contribution in [0.5, 0.6) is 0 Å². The van der Waals surface area contributed by atoms with Gasteiger partial charge in [0.2, 0.25) is 0 Å². The largest absolute Gasteiger partial charge is 0.384 e. The lowest BCUT2D eigenvalue weighted by molar-refractivity contribution is 0.0737. The van der Waals surface area contributed by atoms with Gasteiger partial charge in [-0.1, -0.05) is 6.92 Å². The lowest BCUT2D eigenvalue weighted by Crippen LogP contribution is -2.17. The van der Waals surface area contributed by atoms with Crippen LogP contribution in [-0.2, 0) is 12.0 Å². The third kappa shape index (κ3) is 2.28. The summed E-state index contributed by atoms with van der Waals surface area (Å²) in [6.07, 6.45) is 2.84. The van der Waals surface area contributed by atoms with Gasteiger partial charge in [0.25, 0.3) is 0 Å². The number of rotatable bonds is 2. The second-order valence-corrected chi connectivity index (χ2v) is 3.91. The van der Waals surface area contributed by atoms with Gasteiger partial charge in [-0.05, 0) is 44.4 Å². The van der Waals surface area contributed by atoms with E-state index >= 15 is 0 Å². The molecule has 0 aromatic carbocycles.